The number of tetrazole rings is 1. The summed E-state index contributed by atoms with van der Waals surface area (Å²) in [4.78, 5) is 6.46. The molecule has 0 aliphatic carbocycles. The standard InChI is InChI=1S/C16H24N6O/c1-16(2,3)22-15(18-19-20-22)14(12-4-8-17-9-5-12)21-10-6-13(23)7-11-21/h4-5,8-9,13-14,23H,6-7,10-11H2,1-3H3. The van der Waals surface area contributed by atoms with Crippen molar-refractivity contribution >= 4 is 0 Å². The van der Waals surface area contributed by atoms with Gasteiger partial charge in [-0.25, -0.2) is 4.68 Å². The number of hydrogen-bond acceptors (Lipinski definition) is 6. The van der Waals surface area contributed by atoms with Gasteiger partial charge in [-0.1, -0.05) is 0 Å². The Morgan fingerprint density at radius 2 is 1.83 bits per heavy atom. The highest BCUT2D eigenvalue weighted by Gasteiger charge is 2.33. The second-order valence-electron chi connectivity index (χ2n) is 7.07. The predicted octanol–water partition coefficient (Wildman–Crippen LogP) is 1.37. The smallest absolute Gasteiger partial charge is 0.173 e. The first-order chi connectivity index (χ1) is 11.0. The van der Waals surface area contributed by atoms with E-state index < -0.39 is 0 Å². The SMILES string of the molecule is CC(C)(C)n1nnnc1C(c1ccncc1)N1CCC(O)CC1. The van der Waals surface area contributed by atoms with Gasteiger partial charge in [-0.05, 0) is 61.7 Å². The van der Waals surface area contributed by atoms with Crippen LogP contribution in [-0.2, 0) is 5.54 Å². The van der Waals surface area contributed by atoms with Gasteiger partial charge in [0, 0.05) is 25.5 Å². The molecule has 124 valence electrons. The molecular formula is C16H24N6O. The lowest BCUT2D eigenvalue weighted by Gasteiger charge is -2.36. The summed E-state index contributed by atoms with van der Waals surface area (Å²) in [7, 11) is 0. The summed E-state index contributed by atoms with van der Waals surface area (Å²) >= 11 is 0. The van der Waals surface area contributed by atoms with E-state index in [9.17, 15) is 5.11 Å². The van der Waals surface area contributed by atoms with E-state index in [0.29, 0.717) is 0 Å². The Balaban J connectivity index is 2.01. The largest absolute Gasteiger partial charge is 0.393 e. The van der Waals surface area contributed by atoms with Crippen molar-refractivity contribution < 1.29 is 5.11 Å². The van der Waals surface area contributed by atoms with Crippen LogP contribution in [0, 0.1) is 0 Å². The molecule has 0 spiro atoms. The van der Waals surface area contributed by atoms with Gasteiger partial charge in [0.1, 0.15) is 0 Å². The molecule has 2 aromatic rings. The zero-order valence-electron chi connectivity index (χ0n) is 13.9. The van der Waals surface area contributed by atoms with E-state index in [1.807, 2.05) is 16.8 Å². The van der Waals surface area contributed by atoms with Gasteiger partial charge in [-0.3, -0.25) is 9.88 Å². The number of aliphatic hydroxyl groups is 1. The predicted molar refractivity (Wildman–Crippen MR) is 85.7 cm³/mol. The van der Waals surface area contributed by atoms with Crippen LogP contribution in [0.15, 0.2) is 24.5 Å². The molecule has 7 nitrogen and oxygen atoms in total. The molecule has 2 aromatic heterocycles. The molecule has 23 heavy (non-hydrogen) atoms. The average molecular weight is 316 g/mol. The maximum atomic E-state index is 9.81. The zero-order chi connectivity index (χ0) is 16.4. The minimum Gasteiger partial charge on any atom is -0.393 e. The van der Waals surface area contributed by atoms with Crippen LogP contribution in [0.2, 0.25) is 0 Å². The second kappa shape index (κ2) is 6.33. The van der Waals surface area contributed by atoms with Gasteiger partial charge in [0.15, 0.2) is 5.82 Å². The molecule has 0 saturated carbocycles. The molecule has 1 unspecified atom stereocenters. The van der Waals surface area contributed by atoms with E-state index in [0.717, 1.165) is 37.3 Å². The quantitative estimate of drug-likeness (QED) is 0.921. The minimum absolute atomic E-state index is 0.0280. The third-order valence-corrected chi connectivity index (χ3v) is 4.26. The first-order valence-corrected chi connectivity index (χ1v) is 8.07. The van der Waals surface area contributed by atoms with Gasteiger partial charge < -0.3 is 5.11 Å². The van der Waals surface area contributed by atoms with Gasteiger partial charge in [-0.2, -0.15) is 0 Å². The monoisotopic (exact) mass is 316 g/mol. The van der Waals surface area contributed by atoms with Gasteiger partial charge in [-0.15, -0.1) is 5.10 Å². The molecule has 1 atom stereocenters. The van der Waals surface area contributed by atoms with Crippen molar-refractivity contribution in [1.29, 1.82) is 0 Å². The van der Waals surface area contributed by atoms with Crippen molar-refractivity contribution in [2.45, 2.75) is 51.3 Å². The van der Waals surface area contributed by atoms with Crippen LogP contribution in [0.4, 0.5) is 0 Å². The fourth-order valence-electron chi connectivity index (χ4n) is 3.06. The van der Waals surface area contributed by atoms with Crippen LogP contribution in [0.3, 0.4) is 0 Å². The van der Waals surface area contributed by atoms with E-state index in [1.165, 1.54) is 0 Å². The van der Waals surface area contributed by atoms with Crippen molar-refractivity contribution in [3.63, 3.8) is 0 Å². The fourth-order valence-corrected chi connectivity index (χ4v) is 3.06. The van der Waals surface area contributed by atoms with Gasteiger partial charge in [0.2, 0.25) is 0 Å². The number of nitrogens with zero attached hydrogens (tertiary/aromatic N) is 6. The highest BCUT2D eigenvalue weighted by molar-refractivity contribution is 5.23. The van der Waals surface area contributed by atoms with Crippen LogP contribution < -0.4 is 0 Å². The summed E-state index contributed by atoms with van der Waals surface area (Å²) < 4.78 is 1.89. The minimum atomic E-state index is -0.206. The Kier molecular flexibility index (Phi) is 4.41. The summed E-state index contributed by atoms with van der Waals surface area (Å²) in [5, 5.41) is 22.3. The Morgan fingerprint density at radius 3 is 2.43 bits per heavy atom. The maximum absolute atomic E-state index is 9.81. The second-order valence-corrected chi connectivity index (χ2v) is 7.07. The van der Waals surface area contributed by atoms with E-state index in [2.05, 4.69) is 46.2 Å². The Hall–Kier alpha value is -1.86. The Morgan fingerprint density at radius 1 is 1.17 bits per heavy atom. The van der Waals surface area contributed by atoms with E-state index in [4.69, 9.17) is 0 Å². The van der Waals surface area contributed by atoms with E-state index in [1.54, 1.807) is 12.4 Å². The number of aromatic nitrogens is 5. The molecule has 1 fully saturated rings. The van der Waals surface area contributed by atoms with Crippen molar-refractivity contribution in [3.8, 4) is 0 Å². The van der Waals surface area contributed by atoms with Crippen molar-refractivity contribution in [3.05, 3.63) is 35.9 Å². The summed E-state index contributed by atoms with van der Waals surface area (Å²) in [6, 6.07) is 3.99. The number of hydrogen-bond donors (Lipinski definition) is 1. The summed E-state index contributed by atoms with van der Waals surface area (Å²) in [6.07, 6.45) is 4.94. The van der Waals surface area contributed by atoms with Gasteiger partial charge >= 0.3 is 0 Å². The molecule has 1 saturated heterocycles. The van der Waals surface area contributed by atoms with Crippen LogP contribution in [0.25, 0.3) is 0 Å². The first-order valence-electron chi connectivity index (χ1n) is 8.07. The molecule has 1 aliphatic heterocycles. The molecule has 0 bridgehead atoms. The summed E-state index contributed by atoms with van der Waals surface area (Å²) in [5.74, 6) is 0.833. The molecular weight excluding hydrogens is 292 g/mol. The molecule has 3 rings (SSSR count). The first kappa shape index (κ1) is 16.0. The maximum Gasteiger partial charge on any atom is 0.173 e. The molecule has 3 heterocycles. The van der Waals surface area contributed by atoms with Crippen molar-refractivity contribution in [2.24, 2.45) is 0 Å². The lowest BCUT2D eigenvalue weighted by molar-refractivity contribution is 0.0649. The molecule has 7 heteroatoms. The third kappa shape index (κ3) is 3.40. The van der Waals surface area contributed by atoms with Crippen LogP contribution in [0.1, 0.15) is 51.0 Å². The zero-order valence-corrected chi connectivity index (χ0v) is 13.9. The topological polar surface area (TPSA) is 80.0 Å². The normalized spacial score (nSPS) is 19.0. The molecule has 0 amide bonds. The number of likely N-dealkylation sites (tertiary alicyclic amines) is 1. The molecule has 1 aliphatic rings. The number of pyridine rings is 1. The lowest BCUT2D eigenvalue weighted by Crippen LogP contribution is -2.41. The van der Waals surface area contributed by atoms with Gasteiger partial charge in [0.25, 0.3) is 0 Å². The molecule has 1 N–H and O–H groups in total. The molecule has 0 aromatic carbocycles. The highest BCUT2D eigenvalue weighted by Crippen LogP contribution is 2.31. The Bertz CT molecular complexity index is 628. The average Bonchev–Trinajstić information content (AvgIpc) is 3.00. The molecule has 0 radical (unpaired) electrons. The number of rotatable bonds is 3. The van der Waals surface area contributed by atoms with Crippen LogP contribution in [0.5, 0.6) is 0 Å². The number of aliphatic hydroxyl groups excluding tert-OH is 1. The van der Waals surface area contributed by atoms with Crippen molar-refractivity contribution in [2.75, 3.05) is 13.1 Å². The van der Waals surface area contributed by atoms with Crippen LogP contribution >= 0.6 is 0 Å². The highest BCUT2D eigenvalue weighted by atomic mass is 16.3. The summed E-state index contributed by atoms with van der Waals surface area (Å²) in [6.45, 7) is 7.93. The summed E-state index contributed by atoms with van der Waals surface area (Å²) in [5.41, 5.74) is 0.927. The fraction of sp³-hybridized carbons (Fsp3) is 0.625. The van der Waals surface area contributed by atoms with Crippen LogP contribution in [-0.4, -0.2) is 54.4 Å². The Labute approximate surface area is 136 Å². The number of piperidine rings is 1. The van der Waals surface area contributed by atoms with Gasteiger partial charge in [0.05, 0.1) is 17.7 Å². The van der Waals surface area contributed by atoms with Crippen molar-refractivity contribution in [1.82, 2.24) is 30.1 Å². The lowest BCUT2D eigenvalue weighted by atomic mass is 9.99. The third-order valence-electron chi connectivity index (χ3n) is 4.26. The van der Waals surface area contributed by atoms with E-state index in [-0.39, 0.29) is 17.7 Å². The van der Waals surface area contributed by atoms with E-state index >= 15 is 0 Å².